The number of nitrogens with one attached hydrogen (secondary N) is 1. The van der Waals surface area contributed by atoms with E-state index in [-0.39, 0.29) is 0 Å². The second kappa shape index (κ2) is 10.00. The third-order valence-electron chi connectivity index (χ3n) is 3.03. The van der Waals surface area contributed by atoms with Crippen molar-refractivity contribution in [1.29, 1.82) is 0 Å². The Bertz CT molecular complexity index is 388. The molecule has 0 unspecified atom stereocenters. The quantitative estimate of drug-likeness (QED) is 0.673. The van der Waals surface area contributed by atoms with Crippen molar-refractivity contribution in [1.82, 2.24) is 5.32 Å². The fraction of sp³-hybridized carbons (Fsp3) is 0.600. The van der Waals surface area contributed by atoms with Gasteiger partial charge in [0.2, 0.25) is 0 Å². The Labute approximate surface area is 127 Å². The molecular formula is C15H25ClN2O2. The van der Waals surface area contributed by atoms with E-state index in [0.29, 0.717) is 6.61 Å². The number of halogens is 1. The maximum Gasteiger partial charge on any atom is 0.0641 e. The van der Waals surface area contributed by atoms with Gasteiger partial charge >= 0.3 is 0 Å². The molecule has 0 saturated carbocycles. The van der Waals surface area contributed by atoms with Crippen molar-refractivity contribution in [3.8, 4) is 0 Å². The van der Waals surface area contributed by atoms with Gasteiger partial charge in [0.05, 0.1) is 13.2 Å². The molecule has 4 nitrogen and oxygen atoms in total. The lowest BCUT2D eigenvalue weighted by atomic mass is 10.1. The number of anilines is 1. The van der Waals surface area contributed by atoms with Gasteiger partial charge in [0.15, 0.2) is 0 Å². The Morgan fingerprint density at radius 3 is 2.80 bits per heavy atom. The number of benzene rings is 1. The monoisotopic (exact) mass is 300 g/mol. The van der Waals surface area contributed by atoms with Crippen LogP contribution >= 0.6 is 11.6 Å². The summed E-state index contributed by atoms with van der Waals surface area (Å²) in [4.78, 5) is 2.18. The number of ether oxygens (including phenoxy) is 2. The molecule has 0 aliphatic carbocycles. The molecule has 1 aromatic carbocycles. The third kappa shape index (κ3) is 6.09. The zero-order valence-corrected chi connectivity index (χ0v) is 13.4. The standard InChI is InChI=1S/C15H25ClN2O2/c1-4-20-10-8-18(2)15-11-14(16)6-5-13(15)12-17-7-9-19-3/h5-6,11,17H,4,7-10,12H2,1-3H3. The first-order valence-electron chi connectivity index (χ1n) is 6.96. The number of methoxy groups -OCH3 is 1. The Morgan fingerprint density at radius 1 is 1.30 bits per heavy atom. The SMILES string of the molecule is CCOCCN(C)c1cc(Cl)ccc1CNCCOC. The van der Waals surface area contributed by atoms with Crippen molar-refractivity contribution in [2.45, 2.75) is 13.5 Å². The van der Waals surface area contributed by atoms with Crippen LogP contribution in [0.5, 0.6) is 0 Å². The fourth-order valence-corrected chi connectivity index (χ4v) is 2.07. The second-order valence-electron chi connectivity index (χ2n) is 4.56. The largest absolute Gasteiger partial charge is 0.383 e. The summed E-state index contributed by atoms with van der Waals surface area (Å²) in [5, 5.41) is 4.11. The molecule has 0 radical (unpaired) electrons. The molecule has 0 aliphatic heterocycles. The molecule has 20 heavy (non-hydrogen) atoms. The number of rotatable bonds is 10. The summed E-state index contributed by atoms with van der Waals surface area (Å²) in [6.45, 7) is 6.66. The van der Waals surface area contributed by atoms with Crippen molar-refractivity contribution in [2.24, 2.45) is 0 Å². The molecule has 5 heteroatoms. The molecule has 0 atom stereocenters. The molecule has 0 fully saturated rings. The van der Waals surface area contributed by atoms with Gasteiger partial charge in [-0.1, -0.05) is 17.7 Å². The molecule has 0 amide bonds. The van der Waals surface area contributed by atoms with Crippen LogP contribution in [0.25, 0.3) is 0 Å². The summed E-state index contributed by atoms with van der Waals surface area (Å²) in [7, 11) is 3.76. The Kier molecular flexibility index (Phi) is 8.62. The topological polar surface area (TPSA) is 33.7 Å². The van der Waals surface area contributed by atoms with Gasteiger partial charge in [-0.2, -0.15) is 0 Å². The van der Waals surface area contributed by atoms with E-state index in [0.717, 1.165) is 43.6 Å². The van der Waals surface area contributed by atoms with Gasteiger partial charge < -0.3 is 19.7 Å². The van der Waals surface area contributed by atoms with Crippen molar-refractivity contribution in [3.63, 3.8) is 0 Å². The van der Waals surface area contributed by atoms with E-state index in [4.69, 9.17) is 21.1 Å². The lowest BCUT2D eigenvalue weighted by molar-refractivity contribution is 0.154. The minimum Gasteiger partial charge on any atom is -0.383 e. The highest BCUT2D eigenvalue weighted by atomic mass is 35.5. The van der Waals surface area contributed by atoms with Gasteiger partial charge in [-0.25, -0.2) is 0 Å². The number of hydrogen-bond donors (Lipinski definition) is 1. The first-order valence-corrected chi connectivity index (χ1v) is 7.33. The summed E-state index contributed by atoms with van der Waals surface area (Å²) >= 11 is 6.11. The normalized spacial score (nSPS) is 10.8. The van der Waals surface area contributed by atoms with Crippen molar-refractivity contribution < 1.29 is 9.47 Å². The van der Waals surface area contributed by atoms with Crippen LogP contribution in [-0.4, -0.2) is 47.1 Å². The third-order valence-corrected chi connectivity index (χ3v) is 3.27. The zero-order valence-electron chi connectivity index (χ0n) is 12.6. The average molecular weight is 301 g/mol. The summed E-state index contributed by atoms with van der Waals surface area (Å²) in [5.74, 6) is 0. The van der Waals surface area contributed by atoms with Gasteiger partial charge in [0.1, 0.15) is 0 Å². The smallest absolute Gasteiger partial charge is 0.0641 e. The second-order valence-corrected chi connectivity index (χ2v) is 5.00. The summed E-state index contributed by atoms with van der Waals surface area (Å²) in [6, 6.07) is 5.99. The molecule has 0 aliphatic rings. The molecule has 0 spiro atoms. The molecule has 114 valence electrons. The van der Waals surface area contributed by atoms with E-state index >= 15 is 0 Å². The molecule has 1 rings (SSSR count). The van der Waals surface area contributed by atoms with Crippen LogP contribution in [0.1, 0.15) is 12.5 Å². The summed E-state index contributed by atoms with van der Waals surface area (Å²) < 4.78 is 10.4. The van der Waals surface area contributed by atoms with Crippen LogP contribution in [0.3, 0.4) is 0 Å². The van der Waals surface area contributed by atoms with Crippen LogP contribution in [0.2, 0.25) is 5.02 Å². The van der Waals surface area contributed by atoms with Gasteiger partial charge in [-0.15, -0.1) is 0 Å². The van der Waals surface area contributed by atoms with Crippen molar-refractivity contribution in [2.75, 3.05) is 52.0 Å². The molecule has 0 saturated heterocycles. The highest BCUT2D eigenvalue weighted by Crippen LogP contribution is 2.24. The van der Waals surface area contributed by atoms with Gasteiger partial charge in [-0.3, -0.25) is 0 Å². The highest BCUT2D eigenvalue weighted by molar-refractivity contribution is 6.30. The predicted molar refractivity (Wildman–Crippen MR) is 84.8 cm³/mol. The first-order chi connectivity index (χ1) is 9.69. The van der Waals surface area contributed by atoms with E-state index < -0.39 is 0 Å². The van der Waals surface area contributed by atoms with E-state index in [2.05, 4.69) is 23.3 Å². The van der Waals surface area contributed by atoms with Gasteiger partial charge in [0.25, 0.3) is 0 Å². The van der Waals surface area contributed by atoms with Crippen LogP contribution in [0.15, 0.2) is 18.2 Å². The minimum atomic E-state index is 0.711. The summed E-state index contributed by atoms with van der Waals surface area (Å²) in [5.41, 5.74) is 2.37. The van der Waals surface area contributed by atoms with Gasteiger partial charge in [-0.05, 0) is 24.6 Å². The first kappa shape index (κ1) is 17.2. The maximum absolute atomic E-state index is 6.11. The Hall–Kier alpha value is -0.810. The van der Waals surface area contributed by atoms with Crippen LogP contribution in [0.4, 0.5) is 5.69 Å². The zero-order chi connectivity index (χ0) is 14.8. The lowest BCUT2D eigenvalue weighted by Gasteiger charge is -2.23. The maximum atomic E-state index is 6.11. The Balaban J connectivity index is 2.63. The average Bonchev–Trinajstić information content (AvgIpc) is 2.45. The Morgan fingerprint density at radius 2 is 2.10 bits per heavy atom. The van der Waals surface area contributed by atoms with E-state index in [1.807, 2.05) is 19.1 Å². The van der Waals surface area contributed by atoms with E-state index in [1.54, 1.807) is 7.11 Å². The fourth-order valence-electron chi connectivity index (χ4n) is 1.91. The number of likely N-dealkylation sites (N-methyl/N-ethyl adjacent to an activating group) is 1. The van der Waals surface area contributed by atoms with Crippen molar-refractivity contribution >= 4 is 17.3 Å². The highest BCUT2D eigenvalue weighted by Gasteiger charge is 2.08. The van der Waals surface area contributed by atoms with Crippen LogP contribution in [-0.2, 0) is 16.0 Å². The minimum absolute atomic E-state index is 0.711. The molecule has 0 heterocycles. The lowest BCUT2D eigenvalue weighted by Crippen LogP contribution is -2.25. The summed E-state index contributed by atoms with van der Waals surface area (Å²) in [6.07, 6.45) is 0. The molecule has 1 aromatic rings. The van der Waals surface area contributed by atoms with Gasteiger partial charge in [0, 0.05) is 51.1 Å². The number of hydrogen-bond acceptors (Lipinski definition) is 4. The van der Waals surface area contributed by atoms with Crippen LogP contribution < -0.4 is 10.2 Å². The molecule has 0 bridgehead atoms. The molecule has 0 aromatic heterocycles. The predicted octanol–water partition coefficient (Wildman–Crippen LogP) is 2.55. The van der Waals surface area contributed by atoms with E-state index in [9.17, 15) is 0 Å². The van der Waals surface area contributed by atoms with Crippen LogP contribution in [0, 0.1) is 0 Å². The number of nitrogens with zero attached hydrogens (tertiary/aromatic N) is 1. The van der Waals surface area contributed by atoms with E-state index in [1.165, 1.54) is 5.56 Å². The molecule has 1 N–H and O–H groups in total. The van der Waals surface area contributed by atoms with Crippen molar-refractivity contribution in [3.05, 3.63) is 28.8 Å². The molecular weight excluding hydrogens is 276 g/mol.